The molecule has 0 bridgehead atoms. The lowest BCUT2D eigenvalue weighted by atomic mass is 9.91. The quantitative estimate of drug-likeness (QED) is 0.763. The van der Waals surface area contributed by atoms with Crippen LogP contribution < -0.4 is 4.74 Å². The minimum absolute atomic E-state index is 0.282. The molecule has 5 heteroatoms. The van der Waals surface area contributed by atoms with Crippen LogP contribution in [0.25, 0.3) is 0 Å². The third-order valence-electron chi connectivity index (χ3n) is 4.73. The Morgan fingerprint density at radius 2 is 2.08 bits per heavy atom. The zero-order valence-electron chi connectivity index (χ0n) is 14.1. The fourth-order valence-corrected chi connectivity index (χ4v) is 3.81. The van der Waals surface area contributed by atoms with Gasteiger partial charge in [0.1, 0.15) is 5.75 Å². The topological polar surface area (TPSA) is 41.1 Å². The number of nitrogens with zero attached hydrogens (tertiary/aromatic N) is 2. The molecular formula is C20H20ClN3O. The van der Waals surface area contributed by atoms with Crippen molar-refractivity contribution in [3.8, 4) is 5.75 Å². The fraction of sp³-hybridized carbons (Fsp3) is 0.250. The van der Waals surface area contributed by atoms with E-state index in [2.05, 4.69) is 51.3 Å². The number of rotatable bonds is 4. The summed E-state index contributed by atoms with van der Waals surface area (Å²) in [5.41, 5.74) is 4.84. The van der Waals surface area contributed by atoms with E-state index in [-0.39, 0.29) is 5.92 Å². The van der Waals surface area contributed by atoms with Crippen LogP contribution in [0.5, 0.6) is 5.75 Å². The molecule has 1 atom stereocenters. The molecule has 0 amide bonds. The van der Waals surface area contributed by atoms with Gasteiger partial charge < -0.3 is 9.72 Å². The van der Waals surface area contributed by atoms with E-state index in [0.717, 1.165) is 25.3 Å². The lowest BCUT2D eigenvalue weighted by Crippen LogP contribution is -2.33. The van der Waals surface area contributed by atoms with E-state index < -0.39 is 0 Å². The highest BCUT2D eigenvalue weighted by atomic mass is 35.5. The van der Waals surface area contributed by atoms with Gasteiger partial charge >= 0.3 is 0 Å². The summed E-state index contributed by atoms with van der Waals surface area (Å²) in [4.78, 5) is 10.3. The Morgan fingerprint density at radius 1 is 1.24 bits per heavy atom. The number of aromatic amines is 1. The Hall–Kier alpha value is -2.30. The number of methoxy groups -OCH3 is 1. The molecule has 1 aliphatic heterocycles. The molecule has 1 aromatic heterocycles. The zero-order valence-corrected chi connectivity index (χ0v) is 14.8. The molecule has 128 valence electrons. The van der Waals surface area contributed by atoms with Gasteiger partial charge in [-0.2, -0.15) is 0 Å². The summed E-state index contributed by atoms with van der Waals surface area (Å²) in [7, 11) is 1.63. The molecular weight excluding hydrogens is 334 g/mol. The van der Waals surface area contributed by atoms with E-state index in [1.54, 1.807) is 13.4 Å². The maximum absolute atomic E-state index is 6.28. The number of benzene rings is 2. The highest BCUT2D eigenvalue weighted by Crippen LogP contribution is 2.33. The molecule has 1 N–H and O–H groups in total. The standard InChI is InChI=1S/C20H20ClN3O/c1-25-19-8-7-14(9-17(19)21)10-24-11-16(15-5-3-2-4-6-15)20-18(12-24)22-13-23-20/h2-9,13,16H,10-12H2,1H3,(H,22,23). The summed E-state index contributed by atoms with van der Waals surface area (Å²) in [6.07, 6.45) is 1.80. The van der Waals surface area contributed by atoms with E-state index >= 15 is 0 Å². The van der Waals surface area contributed by atoms with Gasteiger partial charge in [-0.05, 0) is 23.3 Å². The number of ether oxygens (including phenoxy) is 1. The van der Waals surface area contributed by atoms with Crippen LogP contribution in [-0.2, 0) is 13.1 Å². The minimum atomic E-state index is 0.282. The van der Waals surface area contributed by atoms with E-state index in [4.69, 9.17) is 16.3 Å². The average molecular weight is 354 g/mol. The second kappa shape index (κ2) is 6.90. The first kappa shape index (κ1) is 16.2. The smallest absolute Gasteiger partial charge is 0.137 e. The molecule has 2 heterocycles. The summed E-state index contributed by atoms with van der Waals surface area (Å²) in [6, 6.07) is 16.6. The average Bonchev–Trinajstić information content (AvgIpc) is 3.10. The van der Waals surface area contributed by atoms with Crippen molar-refractivity contribution in [1.82, 2.24) is 14.9 Å². The summed E-state index contributed by atoms with van der Waals surface area (Å²) < 4.78 is 5.24. The fourth-order valence-electron chi connectivity index (χ4n) is 3.53. The van der Waals surface area contributed by atoms with Crippen LogP contribution in [0.15, 0.2) is 54.9 Å². The van der Waals surface area contributed by atoms with Gasteiger partial charge in [0.25, 0.3) is 0 Å². The zero-order chi connectivity index (χ0) is 17.2. The maximum Gasteiger partial charge on any atom is 0.137 e. The van der Waals surface area contributed by atoms with Gasteiger partial charge in [0.05, 0.1) is 29.8 Å². The number of halogens is 1. The molecule has 2 aromatic carbocycles. The maximum atomic E-state index is 6.28. The molecule has 0 aliphatic carbocycles. The van der Waals surface area contributed by atoms with Crippen molar-refractivity contribution >= 4 is 11.6 Å². The summed E-state index contributed by atoms with van der Waals surface area (Å²) >= 11 is 6.28. The van der Waals surface area contributed by atoms with Crippen LogP contribution >= 0.6 is 11.6 Å². The summed E-state index contributed by atoms with van der Waals surface area (Å²) in [5, 5.41) is 0.652. The predicted molar refractivity (Wildman–Crippen MR) is 99.0 cm³/mol. The van der Waals surface area contributed by atoms with Crippen LogP contribution in [0.1, 0.15) is 28.4 Å². The Bertz CT molecular complexity index is 862. The molecule has 0 spiro atoms. The lowest BCUT2D eigenvalue weighted by Gasteiger charge is -2.32. The molecule has 0 fully saturated rings. The normalized spacial score (nSPS) is 17.3. The second-order valence-corrected chi connectivity index (χ2v) is 6.78. The monoisotopic (exact) mass is 353 g/mol. The first-order chi connectivity index (χ1) is 12.2. The summed E-state index contributed by atoms with van der Waals surface area (Å²) in [5.74, 6) is 0.993. The predicted octanol–water partition coefficient (Wildman–Crippen LogP) is 4.22. The SMILES string of the molecule is COc1ccc(CN2Cc3[nH]cnc3C(c3ccccc3)C2)cc1Cl. The Morgan fingerprint density at radius 3 is 2.84 bits per heavy atom. The number of imidazole rings is 1. The molecule has 0 radical (unpaired) electrons. The van der Waals surface area contributed by atoms with Crippen LogP contribution in [0.4, 0.5) is 0 Å². The Labute approximate surface area is 152 Å². The largest absolute Gasteiger partial charge is 0.495 e. The highest BCUT2D eigenvalue weighted by Gasteiger charge is 2.28. The number of H-pyrrole nitrogens is 1. The number of hydrogen-bond acceptors (Lipinski definition) is 3. The molecule has 1 unspecified atom stereocenters. The lowest BCUT2D eigenvalue weighted by molar-refractivity contribution is 0.227. The van der Waals surface area contributed by atoms with Crippen molar-refractivity contribution in [2.24, 2.45) is 0 Å². The van der Waals surface area contributed by atoms with Crippen molar-refractivity contribution < 1.29 is 4.74 Å². The van der Waals surface area contributed by atoms with E-state index in [1.165, 1.54) is 16.8 Å². The van der Waals surface area contributed by atoms with Gasteiger partial charge in [-0.3, -0.25) is 4.90 Å². The molecule has 3 aromatic rings. The second-order valence-electron chi connectivity index (χ2n) is 6.37. The van der Waals surface area contributed by atoms with Crippen molar-refractivity contribution in [1.29, 1.82) is 0 Å². The Kier molecular flexibility index (Phi) is 4.47. The van der Waals surface area contributed by atoms with Gasteiger partial charge in [-0.1, -0.05) is 48.0 Å². The molecule has 25 heavy (non-hydrogen) atoms. The first-order valence-electron chi connectivity index (χ1n) is 8.36. The molecule has 1 aliphatic rings. The van der Waals surface area contributed by atoms with Crippen molar-refractivity contribution in [3.63, 3.8) is 0 Å². The minimum Gasteiger partial charge on any atom is -0.495 e. The molecule has 0 saturated heterocycles. The van der Waals surface area contributed by atoms with E-state index in [0.29, 0.717) is 10.8 Å². The highest BCUT2D eigenvalue weighted by molar-refractivity contribution is 6.32. The van der Waals surface area contributed by atoms with E-state index in [9.17, 15) is 0 Å². The van der Waals surface area contributed by atoms with Gasteiger partial charge in [-0.15, -0.1) is 0 Å². The van der Waals surface area contributed by atoms with Crippen molar-refractivity contribution in [2.45, 2.75) is 19.0 Å². The van der Waals surface area contributed by atoms with Crippen LogP contribution in [0, 0.1) is 0 Å². The van der Waals surface area contributed by atoms with Gasteiger partial charge in [0.2, 0.25) is 0 Å². The third kappa shape index (κ3) is 3.28. The number of nitrogens with one attached hydrogen (secondary N) is 1. The number of hydrogen-bond donors (Lipinski definition) is 1. The van der Waals surface area contributed by atoms with Gasteiger partial charge in [-0.25, -0.2) is 4.98 Å². The number of fused-ring (bicyclic) bond motifs is 1. The van der Waals surface area contributed by atoms with Gasteiger partial charge in [0, 0.05) is 25.6 Å². The number of aromatic nitrogens is 2. The van der Waals surface area contributed by atoms with Crippen molar-refractivity contribution in [2.75, 3.05) is 13.7 Å². The summed E-state index contributed by atoms with van der Waals surface area (Å²) in [6.45, 7) is 2.64. The van der Waals surface area contributed by atoms with Crippen LogP contribution in [0.3, 0.4) is 0 Å². The molecule has 4 nitrogen and oxygen atoms in total. The molecule has 0 saturated carbocycles. The van der Waals surface area contributed by atoms with E-state index in [1.807, 2.05) is 12.1 Å². The van der Waals surface area contributed by atoms with Crippen LogP contribution in [0.2, 0.25) is 5.02 Å². The van der Waals surface area contributed by atoms with Crippen molar-refractivity contribution in [3.05, 3.63) is 82.4 Å². The first-order valence-corrected chi connectivity index (χ1v) is 8.74. The van der Waals surface area contributed by atoms with Gasteiger partial charge in [0.15, 0.2) is 0 Å². The third-order valence-corrected chi connectivity index (χ3v) is 5.02. The molecule has 4 rings (SSSR count). The Balaban J connectivity index is 1.59. The van der Waals surface area contributed by atoms with Crippen LogP contribution in [-0.4, -0.2) is 28.5 Å².